The van der Waals surface area contributed by atoms with Gasteiger partial charge in [-0.3, -0.25) is 9.71 Å². The molecule has 5 nitrogen and oxygen atoms in total. The Balaban J connectivity index is 2.47. The van der Waals surface area contributed by atoms with E-state index in [1.807, 2.05) is 20.8 Å². The largest absolute Gasteiger partial charge is 0.495 e. The summed E-state index contributed by atoms with van der Waals surface area (Å²) in [6.07, 6.45) is 3.13. The lowest BCUT2D eigenvalue weighted by molar-refractivity contribution is 0.402. The Morgan fingerprint density at radius 2 is 1.71 bits per heavy atom. The van der Waals surface area contributed by atoms with Crippen LogP contribution in [0.2, 0.25) is 0 Å². The Hall–Kier alpha value is -2.08. The summed E-state index contributed by atoms with van der Waals surface area (Å²) >= 11 is 0. The number of sulfonamides is 1. The van der Waals surface area contributed by atoms with Gasteiger partial charge in [0.05, 0.1) is 19.0 Å². The normalized spacial score (nSPS) is 11.2. The molecule has 0 amide bonds. The maximum atomic E-state index is 12.5. The molecule has 0 aliphatic heterocycles. The number of aryl methyl sites for hydroxylation is 3. The van der Waals surface area contributed by atoms with Crippen LogP contribution in [0.25, 0.3) is 0 Å². The molecule has 21 heavy (non-hydrogen) atoms. The molecule has 6 heteroatoms. The highest BCUT2D eigenvalue weighted by Crippen LogP contribution is 2.28. The van der Waals surface area contributed by atoms with Crippen molar-refractivity contribution in [2.75, 3.05) is 11.8 Å². The number of nitrogens with one attached hydrogen (secondary N) is 1. The second-order valence-corrected chi connectivity index (χ2v) is 6.59. The Bertz CT molecular complexity index is 770. The third-order valence-corrected chi connectivity index (χ3v) is 4.60. The smallest absolute Gasteiger partial charge is 0.265 e. The number of rotatable bonds is 4. The lowest BCUT2D eigenvalue weighted by Gasteiger charge is -2.13. The minimum absolute atomic E-state index is 0.120. The first-order valence-electron chi connectivity index (χ1n) is 6.43. The van der Waals surface area contributed by atoms with Gasteiger partial charge in [0, 0.05) is 6.20 Å². The third-order valence-electron chi connectivity index (χ3n) is 3.20. The summed E-state index contributed by atoms with van der Waals surface area (Å²) in [6.45, 7) is 5.62. The lowest BCUT2D eigenvalue weighted by atomic mass is 10.1. The van der Waals surface area contributed by atoms with Gasteiger partial charge in [-0.05, 0) is 55.7 Å². The van der Waals surface area contributed by atoms with Crippen molar-refractivity contribution < 1.29 is 13.2 Å². The zero-order valence-electron chi connectivity index (χ0n) is 12.5. The highest BCUT2D eigenvalue weighted by atomic mass is 32.2. The van der Waals surface area contributed by atoms with E-state index in [0.29, 0.717) is 11.4 Å². The van der Waals surface area contributed by atoms with Crippen LogP contribution < -0.4 is 9.46 Å². The van der Waals surface area contributed by atoms with Gasteiger partial charge >= 0.3 is 0 Å². The van der Waals surface area contributed by atoms with Gasteiger partial charge in [-0.1, -0.05) is 0 Å². The number of hydrogen-bond acceptors (Lipinski definition) is 4. The van der Waals surface area contributed by atoms with Crippen LogP contribution in [0.1, 0.15) is 16.7 Å². The summed E-state index contributed by atoms with van der Waals surface area (Å²) in [7, 11) is -2.27. The van der Waals surface area contributed by atoms with Crippen LogP contribution in [0.4, 0.5) is 5.69 Å². The van der Waals surface area contributed by atoms with Gasteiger partial charge in [0.15, 0.2) is 0 Å². The molecule has 2 rings (SSSR count). The Morgan fingerprint density at radius 1 is 1.05 bits per heavy atom. The van der Waals surface area contributed by atoms with Crippen molar-refractivity contribution in [3.8, 4) is 5.75 Å². The molecule has 0 unspecified atom stereocenters. The molecule has 0 aliphatic carbocycles. The van der Waals surface area contributed by atoms with Crippen molar-refractivity contribution in [2.24, 2.45) is 0 Å². The Labute approximate surface area is 125 Å². The van der Waals surface area contributed by atoms with E-state index in [1.165, 1.54) is 13.3 Å². The van der Waals surface area contributed by atoms with Crippen LogP contribution in [0.5, 0.6) is 5.75 Å². The topological polar surface area (TPSA) is 68.3 Å². The number of ether oxygens (including phenoxy) is 1. The monoisotopic (exact) mass is 306 g/mol. The van der Waals surface area contributed by atoms with E-state index in [4.69, 9.17) is 4.74 Å². The van der Waals surface area contributed by atoms with E-state index >= 15 is 0 Å². The SMILES string of the molecule is COc1cc(C)c(C)cc1S(=O)(=O)Nc1cncc(C)c1. The van der Waals surface area contributed by atoms with Gasteiger partial charge < -0.3 is 4.74 Å². The molecular formula is C15H18N2O3S. The highest BCUT2D eigenvalue weighted by molar-refractivity contribution is 7.92. The van der Waals surface area contributed by atoms with Gasteiger partial charge in [-0.2, -0.15) is 0 Å². The first kappa shape index (κ1) is 15.3. The standard InChI is InChI=1S/C15H18N2O3S/c1-10-5-13(9-16-8-10)17-21(18,19)15-7-12(3)11(2)6-14(15)20-4/h5-9,17H,1-4H3. The molecule has 112 valence electrons. The zero-order valence-corrected chi connectivity index (χ0v) is 13.3. The van der Waals surface area contributed by atoms with Crippen LogP contribution in [0, 0.1) is 20.8 Å². The van der Waals surface area contributed by atoms with Crippen molar-refractivity contribution >= 4 is 15.7 Å². The van der Waals surface area contributed by atoms with Crippen LogP contribution >= 0.6 is 0 Å². The number of pyridine rings is 1. The van der Waals surface area contributed by atoms with Gasteiger partial charge in [0.25, 0.3) is 10.0 Å². The van der Waals surface area contributed by atoms with Crippen molar-refractivity contribution in [2.45, 2.75) is 25.7 Å². The predicted octanol–water partition coefficient (Wildman–Crippen LogP) is 2.82. The second-order valence-electron chi connectivity index (χ2n) is 4.94. The summed E-state index contributed by atoms with van der Waals surface area (Å²) in [6, 6.07) is 5.05. The molecule has 0 atom stereocenters. The van der Waals surface area contributed by atoms with Gasteiger partial charge in [0.2, 0.25) is 0 Å². The first-order chi connectivity index (χ1) is 9.83. The van der Waals surface area contributed by atoms with Crippen molar-refractivity contribution in [3.05, 3.63) is 47.3 Å². The highest BCUT2D eigenvalue weighted by Gasteiger charge is 2.21. The minimum atomic E-state index is -3.73. The fraction of sp³-hybridized carbons (Fsp3) is 0.267. The maximum Gasteiger partial charge on any atom is 0.265 e. The summed E-state index contributed by atoms with van der Waals surface area (Å²) in [5.41, 5.74) is 3.17. The molecule has 2 aromatic rings. The third kappa shape index (κ3) is 3.33. The van der Waals surface area contributed by atoms with Crippen LogP contribution in [-0.4, -0.2) is 20.5 Å². The number of hydrogen-bond donors (Lipinski definition) is 1. The van der Waals surface area contributed by atoms with Gasteiger partial charge in [-0.25, -0.2) is 8.42 Å². The molecule has 1 N–H and O–H groups in total. The van der Waals surface area contributed by atoms with E-state index in [-0.39, 0.29) is 4.90 Å². The summed E-state index contributed by atoms with van der Waals surface area (Å²) in [4.78, 5) is 4.10. The molecule has 0 saturated carbocycles. The Morgan fingerprint density at radius 3 is 2.33 bits per heavy atom. The average molecular weight is 306 g/mol. The molecule has 0 radical (unpaired) electrons. The van der Waals surface area contributed by atoms with Crippen molar-refractivity contribution in [1.82, 2.24) is 4.98 Å². The first-order valence-corrected chi connectivity index (χ1v) is 7.91. The molecule has 0 bridgehead atoms. The van der Waals surface area contributed by atoms with E-state index in [2.05, 4.69) is 9.71 Å². The molecule has 1 heterocycles. The lowest BCUT2D eigenvalue weighted by Crippen LogP contribution is -2.15. The summed E-state index contributed by atoms with van der Waals surface area (Å²) < 4.78 is 32.8. The number of anilines is 1. The molecule has 0 spiro atoms. The van der Waals surface area contributed by atoms with E-state index in [1.54, 1.807) is 24.4 Å². The van der Waals surface area contributed by atoms with Crippen LogP contribution in [0.15, 0.2) is 35.5 Å². The fourth-order valence-electron chi connectivity index (χ4n) is 1.95. The quantitative estimate of drug-likeness (QED) is 0.943. The van der Waals surface area contributed by atoms with Gasteiger partial charge in [-0.15, -0.1) is 0 Å². The molecule has 0 saturated heterocycles. The predicted molar refractivity (Wildman–Crippen MR) is 82.3 cm³/mol. The van der Waals surface area contributed by atoms with Gasteiger partial charge in [0.1, 0.15) is 10.6 Å². The second kappa shape index (κ2) is 5.73. The van der Waals surface area contributed by atoms with Crippen LogP contribution in [-0.2, 0) is 10.0 Å². The number of benzene rings is 1. The maximum absolute atomic E-state index is 12.5. The molecule has 1 aromatic heterocycles. The van der Waals surface area contributed by atoms with E-state index < -0.39 is 10.0 Å². The van der Waals surface area contributed by atoms with Crippen molar-refractivity contribution in [1.29, 1.82) is 0 Å². The number of methoxy groups -OCH3 is 1. The Kier molecular flexibility index (Phi) is 4.18. The molecule has 0 fully saturated rings. The van der Waals surface area contributed by atoms with E-state index in [9.17, 15) is 8.42 Å². The average Bonchev–Trinajstić information content (AvgIpc) is 2.40. The fourth-order valence-corrected chi connectivity index (χ4v) is 3.22. The number of nitrogens with zero attached hydrogens (tertiary/aromatic N) is 1. The van der Waals surface area contributed by atoms with E-state index in [0.717, 1.165) is 16.7 Å². The summed E-state index contributed by atoms with van der Waals surface area (Å²) in [5.74, 6) is 0.325. The molecular weight excluding hydrogens is 288 g/mol. The molecule has 0 aliphatic rings. The minimum Gasteiger partial charge on any atom is -0.495 e. The zero-order chi connectivity index (χ0) is 15.6. The van der Waals surface area contributed by atoms with Crippen LogP contribution in [0.3, 0.4) is 0 Å². The number of aromatic nitrogens is 1. The van der Waals surface area contributed by atoms with Crippen molar-refractivity contribution in [3.63, 3.8) is 0 Å². The molecule has 1 aromatic carbocycles. The summed E-state index contributed by atoms with van der Waals surface area (Å²) in [5, 5.41) is 0.